The van der Waals surface area contributed by atoms with Gasteiger partial charge in [0.25, 0.3) is 0 Å². The Morgan fingerprint density at radius 3 is 2.70 bits per heavy atom. The van der Waals surface area contributed by atoms with E-state index in [2.05, 4.69) is 6.58 Å². The van der Waals surface area contributed by atoms with Crippen molar-refractivity contribution >= 4 is 11.9 Å². The highest BCUT2D eigenvalue weighted by atomic mass is 16.6. The van der Waals surface area contributed by atoms with Crippen LogP contribution in [0.15, 0.2) is 34.9 Å². The quantitative estimate of drug-likeness (QED) is 0.378. The average molecular weight is 378 g/mol. The van der Waals surface area contributed by atoms with E-state index in [0.29, 0.717) is 16.7 Å². The SMILES string of the molecule is C=C1C(=O)O[C@H]2[C@H]1[C@H](OC(=O)/C(C)=C\C)CC(CO)=C1C[C@H](O)[C@](C)(O)[C@@H]12. The molecule has 2 fully saturated rings. The van der Waals surface area contributed by atoms with Crippen LogP contribution in [-0.4, -0.2) is 57.8 Å². The minimum Gasteiger partial charge on any atom is -0.458 e. The van der Waals surface area contributed by atoms with Crippen molar-refractivity contribution in [3.05, 3.63) is 34.9 Å². The summed E-state index contributed by atoms with van der Waals surface area (Å²) < 4.78 is 11.2. The molecule has 1 heterocycles. The third kappa shape index (κ3) is 3.03. The fourth-order valence-electron chi connectivity index (χ4n) is 4.45. The first-order valence-corrected chi connectivity index (χ1v) is 9.09. The van der Waals surface area contributed by atoms with Gasteiger partial charge in [0.2, 0.25) is 0 Å². The lowest BCUT2D eigenvalue weighted by Crippen LogP contribution is -2.48. The highest BCUT2D eigenvalue weighted by Crippen LogP contribution is 2.52. The third-order valence-corrected chi connectivity index (χ3v) is 6.19. The van der Waals surface area contributed by atoms with Crippen LogP contribution in [0.5, 0.6) is 0 Å². The van der Waals surface area contributed by atoms with Crippen molar-refractivity contribution in [3.8, 4) is 0 Å². The zero-order valence-electron chi connectivity index (χ0n) is 15.8. The smallest absolute Gasteiger partial charge is 0.334 e. The van der Waals surface area contributed by atoms with E-state index in [1.54, 1.807) is 19.9 Å². The molecule has 0 aromatic carbocycles. The van der Waals surface area contributed by atoms with Crippen molar-refractivity contribution < 1.29 is 34.4 Å². The van der Waals surface area contributed by atoms with Gasteiger partial charge in [-0.15, -0.1) is 0 Å². The van der Waals surface area contributed by atoms with Crippen LogP contribution in [0.1, 0.15) is 33.6 Å². The van der Waals surface area contributed by atoms with Crippen LogP contribution in [0, 0.1) is 11.8 Å². The van der Waals surface area contributed by atoms with Gasteiger partial charge in [-0.25, -0.2) is 9.59 Å². The lowest BCUT2D eigenvalue weighted by atomic mass is 9.78. The van der Waals surface area contributed by atoms with Crippen molar-refractivity contribution in [2.75, 3.05) is 6.61 Å². The minimum absolute atomic E-state index is 0.162. The Kier molecular flexibility index (Phi) is 5.05. The molecule has 1 saturated carbocycles. The van der Waals surface area contributed by atoms with Gasteiger partial charge in [-0.1, -0.05) is 18.2 Å². The third-order valence-electron chi connectivity index (χ3n) is 6.19. The molecule has 2 aliphatic carbocycles. The Bertz CT molecular complexity index is 745. The van der Waals surface area contributed by atoms with E-state index in [0.717, 1.165) is 0 Å². The second-order valence-corrected chi connectivity index (χ2v) is 7.75. The highest BCUT2D eigenvalue weighted by molar-refractivity contribution is 5.92. The fourth-order valence-corrected chi connectivity index (χ4v) is 4.45. The molecule has 148 valence electrons. The van der Waals surface area contributed by atoms with E-state index in [9.17, 15) is 24.9 Å². The zero-order valence-corrected chi connectivity index (χ0v) is 15.8. The number of hydrogen-bond donors (Lipinski definition) is 3. The number of esters is 2. The molecule has 0 unspecified atom stereocenters. The summed E-state index contributed by atoms with van der Waals surface area (Å²) in [6.45, 7) is 8.35. The van der Waals surface area contributed by atoms with Crippen molar-refractivity contribution in [1.29, 1.82) is 0 Å². The minimum atomic E-state index is -1.54. The number of hydrogen-bond acceptors (Lipinski definition) is 7. The first-order chi connectivity index (χ1) is 12.6. The summed E-state index contributed by atoms with van der Waals surface area (Å²) in [4.78, 5) is 24.6. The van der Waals surface area contributed by atoms with Crippen LogP contribution in [0.25, 0.3) is 0 Å². The number of rotatable bonds is 3. The summed E-state index contributed by atoms with van der Waals surface area (Å²) >= 11 is 0. The van der Waals surface area contributed by atoms with Gasteiger partial charge in [0.1, 0.15) is 12.2 Å². The molecule has 1 saturated heterocycles. The second kappa shape index (κ2) is 6.89. The summed E-state index contributed by atoms with van der Waals surface area (Å²) in [5.74, 6) is -2.48. The van der Waals surface area contributed by atoms with Gasteiger partial charge in [-0.3, -0.25) is 0 Å². The summed E-state index contributed by atoms with van der Waals surface area (Å²) in [6.07, 6.45) is -0.649. The molecule has 1 aliphatic heterocycles. The predicted octanol–water partition coefficient (Wildman–Crippen LogP) is 0.787. The Morgan fingerprint density at radius 1 is 1.44 bits per heavy atom. The van der Waals surface area contributed by atoms with Crippen LogP contribution in [-0.2, 0) is 19.1 Å². The van der Waals surface area contributed by atoms with Gasteiger partial charge in [0, 0.05) is 23.5 Å². The molecule has 7 heteroatoms. The standard InChI is InChI=1S/C20H26O7/c1-5-9(2)18(23)26-13-6-11(8-21)12-7-14(22)20(4,25)16(12)17-15(13)10(3)19(24)27-17/h5,13-17,21-22,25H,3,6-8H2,1-2,4H3/b9-5-/t13-,14+,15-,16+,17+,20+/m1/s1. The van der Waals surface area contributed by atoms with Gasteiger partial charge in [0.15, 0.2) is 0 Å². The van der Waals surface area contributed by atoms with Crippen LogP contribution in [0.3, 0.4) is 0 Å². The van der Waals surface area contributed by atoms with Crippen LogP contribution >= 0.6 is 0 Å². The molecular weight excluding hydrogens is 352 g/mol. The van der Waals surface area contributed by atoms with E-state index in [1.807, 2.05) is 0 Å². The summed E-state index contributed by atoms with van der Waals surface area (Å²) in [5, 5.41) is 31.2. The second-order valence-electron chi connectivity index (χ2n) is 7.75. The average Bonchev–Trinajstić information content (AvgIpc) is 2.97. The Hall–Kier alpha value is -1.96. The molecule has 3 aliphatic rings. The lowest BCUT2D eigenvalue weighted by molar-refractivity contribution is -0.153. The normalized spacial score (nSPS) is 39.0. The zero-order chi connectivity index (χ0) is 20.1. The monoisotopic (exact) mass is 378 g/mol. The number of allylic oxidation sites excluding steroid dienone is 1. The molecule has 3 N–H and O–H groups in total. The van der Waals surface area contributed by atoms with E-state index >= 15 is 0 Å². The van der Waals surface area contributed by atoms with Crippen molar-refractivity contribution in [1.82, 2.24) is 0 Å². The van der Waals surface area contributed by atoms with Crippen LogP contribution in [0.4, 0.5) is 0 Å². The molecule has 0 aromatic rings. The largest absolute Gasteiger partial charge is 0.458 e. The topological polar surface area (TPSA) is 113 Å². The number of aliphatic hydroxyl groups is 3. The number of fused-ring (bicyclic) bond motifs is 3. The molecule has 0 bridgehead atoms. The highest BCUT2D eigenvalue weighted by Gasteiger charge is 2.60. The maximum absolute atomic E-state index is 12.3. The van der Waals surface area contributed by atoms with Crippen molar-refractivity contribution in [2.45, 2.75) is 57.5 Å². The van der Waals surface area contributed by atoms with E-state index < -0.39 is 47.7 Å². The molecular formula is C20H26O7. The summed E-state index contributed by atoms with van der Waals surface area (Å²) in [7, 11) is 0. The number of carbonyl (C=O) groups excluding carboxylic acids is 2. The first-order valence-electron chi connectivity index (χ1n) is 9.09. The Balaban J connectivity index is 2.08. The van der Waals surface area contributed by atoms with Crippen molar-refractivity contribution in [2.24, 2.45) is 11.8 Å². The molecule has 0 amide bonds. The maximum atomic E-state index is 12.3. The van der Waals surface area contributed by atoms with E-state index in [-0.39, 0.29) is 25.0 Å². The molecule has 3 rings (SSSR count). The van der Waals surface area contributed by atoms with Crippen LogP contribution < -0.4 is 0 Å². The van der Waals surface area contributed by atoms with Gasteiger partial charge < -0.3 is 24.8 Å². The predicted molar refractivity (Wildman–Crippen MR) is 95.3 cm³/mol. The molecule has 0 aromatic heterocycles. The maximum Gasteiger partial charge on any atom is 0.334 e. The van der Waals surface area contributed by atoms with Gasteiger partial charge in [-0.2, -0.15) is 0 Å². The summed E-state index contributed by atoms with van der Waals surface area (Å²) in [6, 6.07) is 0. The molecule has 0 radical (unpaired) electrons. The number of ether oxygens (including phenoxy) is 2. The fraction of sp³-hybridized carbons (Fsp3) is 0.600. The number of carbonyl (C=O) groups is 2. The van der Waals surface area contributed by atoms with Gasteiger partial charge >= 0.3 is 11.9 Å². The van der Waals surface area contributed by atoms with Crippen molar-refractivity contribution in [3.63, 3.8) is 0 Å². The number of aliphatic hydroxyl groups excluding tert-OH is 2. The Morgan fingerprint density at radius 2 is 2.11 bits per heavy atom. The summed E-state index contributed by atoms with van der Waals surface area (Å²) in [5.41, 5.74) is 0.306. The van der Waals surface area contributed by atoms with E-state index in [1.165, 1.54) is 6.92 Å². The van der Waals surface area contributed by atoms with Gasteiger partial charge in [0.05, 0.1) is 24.2 Å². The van der Waals surface area contributed by atoms with Gasteiger partial charge in [-0.05, 0) is 32.8 Å². The Labute approximate surface area is 158 Å². The van der Waals surface area contributed by atoms with Crippen LogP contribution in [0.2, 0.25) is 0 Å². The lowest BCUT2D eigenvalue weighted by Gasteiger charge is -2.34. The van der Waals surface area contributed by atoms with E-state index in [4.69, 9.17) is 9.47 Å². The molecule has 6 atom stereocenters. The molecule has 27 heavy (non-hydrogen) atoms. The first kappa shape index (κ1) is 19.8. The molecule has 7 nitrogen and oxygen atoms in total. The molecule has 0 spiro atoms.